The Bertz CT molecular complexity index is 645. The number of esters is 1. The second-order valence-electron chi connectivity index (χ2n) is 4.69. The molecule has 2 aromatic carbocycles. The van der Waals surface area contributed by atoms with Crippen LogP contribution in [0.4, 0.5) is 0 Å². The molecule has 0 radical (unpaired) electrons. The van der Waals surface area contributed by atoms with E-state index < -0.39 is 0 Å². The van der Waals surface area contributed by atoms with Crippen molar-refractivity contribution in [3.63, 3.8) is 0 Å². The summed E-state index contributed by atoms with van der Waals surface area (Å²) in [6.45, 7) is 6.33. The summed E-state index contributed by atoms with van der Waals surface area (Å²) in [7, 11) is 0. The fraction of sp³-hybridized carbons (Fsp3) is 0.235. The lowest BCUT2D eigenvalue weighted by molar-refractivity contribution is 0.0732. The van der Waals surface area contributed by atoms with Crippen LogP contribution in [-0.4, -0.2) is 12.6 Å². The highest BCUT2D eigenvalue weighted by atomic mass is 79.9. The lowest BCUT2D eigenvalue weighted by Crippen LogP contribution is -2.10. The van der Waals surface area contributed by atoms with Crippen molar-refractivity contribution < 1.29 is 14.3 Å². The molecule has 0 aliphatic rings. The maximum atomic E-state index is 12.3. The molecule has 0 aliphatic carbocycles. The van der Waals surface area contributed by atoms with Gasteiger partial charge in [-0.25, -0.2) is 4.79 Å². The molecular weight excluding hydrogens is 332 g/mol. The van der Waals surface area contributed by atoms with Gasteiger partial charge in [-0.1, -0.05) is 18.2 Å². The Balaban J connectivity index is 2.23. The van der Waals surface area contributed by atoms with Gasteiger partial charge in [-0.3, -0.25) is 0 Å². The van der Waals surface area contributed by atoms with Gasteiger partial charge in [0.1, 0.15) is 11.5 Å². The molecule has 3 nitrogen and oxygen atoms in total. The zero-order valence-electron chi connectivity index (χ0n) is 12.3. The number of hydrogen-bond acceptors (Lipinski definition) is 3. The Hall–Kier alpha value is -1.81. The molecule has 0 saturated heterocycles. The number of ether oxygens (including phenoxy) is 2. The topological polar surface area (TPSA) is 35.5 Å². The number of aryl methyl sites for hydroxylation is 2. The van der Waals surface area contributed by atoms with Crippen LogP contribution in [0.15, 0.2) is 40.9 Å². The molecule has 0 saturated carbocycles. The lowest BCUT2D eigenvalue weighted by Gasteiger charge is -2.11. The fourth-order valence-electron chi connectivity index (χ4n) is 2.01. The molecule has 0 heterocycles. The van der Waals surface area contributed by atoms with Crippen molar-refractivity contribution in [2.24, 2.45) is 0 Å². The summed E-state index contributed by atoms with van der Waals surface area (Å²) in [5.74, 6) is 0.949. The fourth-order valence-corrected chi connectivity index (χ4v) is 2.51. The van der Waals surface area contributed by atoms with Crippen LogP contribution in [0.2, 0.25) is 0 Å². The van der Waals surface area contributed by atoms with Gasteiger partial charge in [-0.15, -0.1) is 0 Å². The maximum Gasteiger partial charge on any atom is 0.343 e. The minimum atomic E-state index is -0.379. The first-order valence-electron chi connectivity index (χ1n) is 6.73. The second-order valence-corrected chi connectivity index (χ2v) is 5.54. The third-order valence-electron chi connectivity index (χ3n) is 3.07. The summed E-state index contributed by atoms with van der Waals surface area (Å²) in [4.78, 5) is 12.3. The van der Waals surface area contributed by atoms with Gasteiger partial charge < -0.3 is 9.47 Å². The van der Waals surface area contributed by atoms with Crippen LogP contribution >= 0.6 is 15.9 Å². The molecule has 0 N–H and O–H groups in total. The van der Waals surface area contributed by atoms with E-state index in [2.05, 4.69) is 15.9 Å². The van der Waals surface area contributed by atoms with Crippen molar-refractivity contribution in [1.29, 1.82) is 0 Å². The first-order chi connectivity index (χ1) is 10.0. The summed E-state index contributed by atoms with van der Waals surface area (Å²) in [6.07, 6.45) is 0. The number of halogens is 1. The minimum absolute atomic E-state index is 0.379. The van der Waals surface area contributed by atoms with Crippen LogP contribution in [0.25, 0.3) is 0 Å². The van der Waals surface area contributed by atoms with E-state index in [-0.39, 0.29) is 5.97 Å². The summed E-state index contributed by atoms with van der Waals surface area (Å²) < 4.78 is 11.7. The zero-order chi connectivity index (χ0) is 15.4. The minimum Gasteiger partial charge on any atom is -0.493 e. The van der Waals surface area contributed by atoms with Crippen molar-refractivity contribution >= 4 is 21.9 Å². The van der Waals surface area contributed by atoms with Crippen LogP contribution < -0.4 is 9.47 Å². The average molecular weight is 349 g/mol. The Kier molecular flexibility index (Phi) is 5.02. The Labute approximate surface area is 133 Å². The summed E-state index contributed by atoms with van der Waals surface area (Å²) in [5, 5.41) is 0. The predicted molar refractivity (Wildman–Crippen MR) is 86.2 cm³/mol. The SMILES string of the molecule is CCOc1ccc(C(=O)Oc2c(C)cccc2C)cc1Br. The molecule has 0 atom stereocenters. The number of carbonyl (C=O) groups excluding carboxylic acids is 1. The van der Waals surface area contributed by atoms with E-state index in [0.29, 0.717) is 23.7 Å². The third-order valence-corrected chi connectivity index (χ3v) is 3.69. The summed E-state index contributed by atoms with van der Waals surface area (Å²) in [6, 6.07) is 10.9. The monoisotopic (exact) mass is 348 g/mol. The van der Waals surface area contributed by atoms with Crippen LogP contribution in [0.1, 0.15) is 28.4 Å². The number of para-hydroxylation sites is 1. The molecule has 110 valence electrons. The van der Waals surface area contributed by atoms with Gasteiger partial charge in [-0.05, 0) is 66.0 Å². The zero-order valence-corrected chi connectivity index (χ0v) is 13.9. The molecule has 0 aromatic heterocycles. The Morgan fingerprint density at radius 3 is 2.38 bits per heavy atom. The van der Waals surface area contributed by atoms with E-state index in [1.54, 1.807) is 18.2 Å². The summed E-state index contributed by atoms with van der Waals surface area (Å²) in [5.41, 5.74) is 2.36. The average Bonchev–Trinajstić information content (AvgIpc) is 2.45. The van der Waals surface area contributed by atoms with E-state index in [1.807, 2.05) is 39.0 Å². The molecule has 0 unspecified atom stereocenters. The lowest BCUT2D eigenvalue weighted by atomic mass is 10.1. The van der Waals surface area contributed by atoms with Gasteiger partial charge in [0.05, 0.1) is 16.6 Å². The molecule has 0 bridgehead atoms. The quantitative estimate of drug-likeness (QED) is 0.594. The molecular formula is C17H17BrO3. The first kappa shape index (κ1) is 15.6. The molecule has 2 rings (SSSR count). The van der Waals surface area contributed by atoms with Crippen molar-refractivity contribution in [1.82, 2.24) is 0 Å². The van der Waals surface area contributed by atoms with Crippen LogP contribution in [0, 0.1) is 13.8 Å². The second kappa shape index (κ2) is 6.76. The molecule has 21 heavy (non-hydrogen) atoms. The molecule has 2 aromatic rings. The Morgan fingerprint density at radius 1 is 1.14 bits per heavy atom. The predicted octanol–water partition coefficient (Wildman–Crippen LogP) is 4.68. The Morgan fingerprint density at radius 2 is 1.81 bits per heavy atom. The molecule has 0 fully saturated rings. The summed E-state index contributed by atoms with van der Waals surface area (Å²) >= 11 is 3.40. The van der Waals surface area contributed by atoms with Crippen LogP contribution in [-0.2, 0) is 0 Å². The number of rotatable bonds is 4. The smallest absolute Gasteiger partial charge is 0.343 e. The number of hydrogen-bond donors (Lipinski definition) is 0. The number of carbonyl (C=O) groups is 1. The van der Waals surface area contributed by atoms with Crippen LogP contribution in [0.3, 0.4) is 0 Å². The normalized spacial score (nSPS) is 10.3. The molecule has 4 heteroatoms. The van der Waals surface area contributed by atoms with E-state index in [9.17, 15) is 4.79 Å². The molecule has 0 aliphatic heterocycles. The van der Waals surface area contributed by atoms with E-state index >= 15 is 0 Å². The first-order valence-corrected chi connectivity index (χ1v) is 7.53. The van der Waals surface area contributed by atoms with E-state index in [4.69, 9.17) is 9.47 Å². The van der Waals surface area contributed by atoms with E-state index in [0.717, 1.165) is 15.6 Å². The van der Waals surface area contributed by atoms with Crippen LogP contribution in [0.5, 0.6) is 11.5 Å². The van der Waals surface area contributed by atoms with Crippen molar-refractivity contribution in [3.8, 4) is 11.5 Å². The van der Waals surface area contributed by atoms with Gasteiger partial charge in [0.25, 0.3) is 0 Å². The van der Waals surface area contributed by atoms with Gasteiger partial charge >= 0.3 is 5.97 Å². The largest absolute Gasteiger partial charge is 0.493 e. The third kappa shape index (κ3) is 3.64. The van der Waals surface area contributed by atoms with Gasteiger partial charge in [0, 0.05) is 0 Å². The standard InChI is InChI=1S/C17H17BrO3/c1-4-20-15-9-8-13(10-14(15)18)17(19)21-16-11(2)6-5-7-12(16)3/h5-10H,4H2,1-3H3. The highest BCUT2D eigenvalue weighted by Gasteiger charge is 2.14. The van der Waals surface area contributed by atoms with Gasteiger partial charge in [0.2, 0.25) is 0 Å². The van der Waals surface area contributed by atoms with Crippen molar-refractivity contribution in [2.45, 2.75) is 20.8 Å². The highest BCUT2D eigenvalue weighted by molar-refractivity contribution is 9.10. The van der Waals surface area contributed by atoms with Gasteiger partial charge in [-0.2, -0.15) is 0 Å². The highest BCUT2D eigenvalue weighted by Crippen LogP contribution is 2.28. The number of benzene rings is 2. The van der Waals surface area contributed by atoms with Crippen molar-refractivity contribution in [2.75, 3.05) is 6.61 Å². The van der Waals surface area contributed by atoms with E-state index in [1.165, 1.54) is 0 Å². The van der Waals surface area contributed by atoms with Crippen molar-refractivity contribution in [3.05, 3.63) is 57.6 Å². The molecule has 0 amide bonds. The van der Waals surface area contributed by atoms with Gasteiger partial charge in [0.15, 0.2) is 0 Å². The maximum absolute atomic E-state index is 12.3. The molecule has 0 spiro atoms.